The molecule has 0 aliphatic rings. The van der Waals surface area contributed by atoms with Crippen LogP contribution in [0.25, 0.3) is 0 Å². The molecule has 0 bridgehead atoms. The van der Waals surface area contributed by atoms with Crippen LogP contribution in [0, 0.1) is 11.3 Å². The molecule has 0 heterocycles. The van der Waals surface area contributed by atoms with E-state index >= 15 is 0 Å². The molecule has 0 spiro atoms. The quantitative estimate of drug-likeness (QED) is 0.761. The first-order valence-electron chi connectivity index (χ1n) is 5.10. The number of hydrogen-bond acceptors (Lipinski definition) is 3. The van der Waals surface area contributed by atoms with Crippen molar-refractivity contribution in [3.05, 3.63) is 29.8 Å². The molecule has 1 aromatic carbocycles. The van der Waals surface area contributed by atoms with E-state index in [2.05, 4.69) is 11.4 Å². The molecular weight excluding hydrogens is 204 g/mol. The molecule has 0 radical (unpaired) electrons. The molecule has 0 unspecified atom stereocenters. The summed E-state index contributed by atoms with van der Waals surface area (Å²) in [6.07, 6.45) is 1.07. The molecule has 4 nitrogen and oxygen atoms in total. The van der Waals surface area contributed by atoms with Gasteiger partial charge in [0.15, 0.2) is 0 Å². The lowest BCUT2D eigenvalue weighted by Crippen LogP contribution is -2.18. The van der Waals surface area contributed by atoms with Crippen LogP contribution in [-0.2, 0) is 4.79 Å². The second kappa shape index (κ2) is 6.46. The minimum Gasteiger partial charge on any atom is -0.492 e. The SMILES string of the molecule is CNC(=O)CCCOc1ccccc1C#N. The largest absolute Gasteiger partial charge is 0.492 e. The topological polar surface area (TPSA) is 62.1 Å². The highest BCUT2D eigenvalue weighted by Crippen LogP contribution is 2.16. The summed E-state index contributed by atoms with van der Waals surface area (Å²) in [5.41, 5.74) is 0.516. The summed E-state index contributed by atoms with van der Waals surface area (Å²) in [7, 11) is 1.61. The van der Waals surface area contributed by atoms with E-state index in [-0.39, 0.29) is 5.91 Å². The summed E-state index contributed by atoms with van der Waals surface area (Å²) in [5.74, 6) is 0.569. The van der Waals surface area contributed by atoms with E-state index in [0.717, 1.165) is 0 Å². The maximum atomic E-state index is 10.9. The average Bonchev–Trinajstić information content (AvgIpc) is 2.34. The molecule has 1 aromatic rings. The van der Waals surface area contributed by atoms with E-state index in [1.807, 2.05) is 6.07 Å². The number of carbonyl (C=O) groups excluding carboxylic acids is 1. The van der Waals surface area contributed by atoms with Crippen molar-refractivity contribution in [2.24, 2.45) is 0 Å². The Hall–Kier alpha value is -2.02. The second-order valence-electron chi connectivity index (χ2n) is 3.23. The summed E-state index contributed by atoms with van der Waals surface area (Å²) in [4.78, 5) is 10.9. The highest BCUT2D eigenvalue weighted by Gasteiger charge is 2.02. The minimum absolute atomic E-state index is 0.00262. The number of hydrogen-bond donors (Lipinski definition) is 1. The lowest BCUT2D eigenvalue weighted by molar-refractivity contribution is -0.120. The Bertz CT molecular complexity index is 396. The predicted octanol–water partition coefficient (Wildman–Crippen LogP) is 1.46. The maximum Gasteiger partial charge on any atom is 0.219 e. The molecule has 84 valence electrons. The first kappa shape index (κ1) is 12.1. The first-order valence-corrected chi connectivity index (χ1v) is 5.10. The molecule has 0 aliphatic carbocycles. The highest BCUT2D eigenvalue weighted by molar-refractivity contribution is 5.75. The molecule has 0 atom stereocenters. The Morgan fingerprint density at radius 3 is 2.94 bits per heavy atom. The average molecular weight is 218 g/mol. The predicted molar refractivity (Wildman–Crippen MR) is 60.0 cm³/mol. The number of ether oxygens (including phenoxy) is 1. The molecule has 16 heavy (non-hydrogen) atoms. The summed E-state index contributed by atoms with van der Waals surface area (Å²) in [6, 6.07) is 9.11. The van der Waals surface area contributed by atoms with E-state index in [0.29, 0.717) is 30.8 Å². The van der Waals surface area contributed by atoms with Gasteiger partial charge in [-0.15, -0.1) is 0 Å². The van der Waals surface area contributed by atoms with Gasteiger partial charge in [0.1, 0.15) is 11.8 Å². The third kappa shape index (κ3) is 3.62. The lowest BCUT2D eigenvalue weighted by atomic mass is 10.2. The fourth-order valence-corrected chi connectivity index (χ4v) is 1.22. The zero-order chi connectivity index (χ0) is 11.8. The fraction of sp³-hybridized carbons (Fsp3) is 0.333. The van der Waals surface area contributed by atoms with Crippen molar-refractivity contribution in [1.29, 1.82) is 5.26 Å². The van der Waals surface area contributed by atoms with Crippen LogP contribution in [-0.4, -0.2) is 19.6 Å². The van der Waals surface area contributed by atoms with Gasteiger partial charge in [-0.25, -0.2) is 0 Å². The van der Waals surface area contributed by atoms with Crippen LogP contribution in [0.3, 0.4) is 0 Å². The molecule has 0 saturated heterocycles. The summed E-state index contributed by atoms with van der Waals surface area (Å²) < 4.78 is 5.42. The monoisotopic (exact) mass is 218 g/mol. The third-order valence-electron chi connectivity index (χ3n) is 2.09. The number of para-hydroxylation sites is 1. The smallest absolute Gasteiger partial charge is 0.219 e. The van der Waals surface area contributed by atoms with Gasteiger partial charge >= 0.3 is 0 Å². The van der Waals surface area contributed by atoms with E-state index < -0.39 is 0 Å². The molecule has 0 saturated carbocycles. The molecule has 1 N–H and O–H groups in total. The molecule has 0 fully saturated rings. The summed E-state index contributed by atoms with van der Waals surface area (Å²) in [6.45, 7) is 0.437. The maximum absolute atomic E-state index is 10.9. The van der Waals surface area contributed by atoms with Crippen LogP contribution in [0.2, 0.25) is 0 Å². The van der Waals surface area contributed by atoms with E-state index in [9.17, 15) is 4.79 Å². The number of benzene rings is 1. The van der Waals surface area contributed by atoms with Crippen LogP contribution < -0.4 is 10.1 Å². The van der Waals surface area contributed by atoms with Gasteiger partial charge in [-0.2, -0.15) is 5.26 Å². The van der Waals surface area contributed by atoms with Crippen LogP contribution in [0.5, 0.6) is 5.75 Å². The van der Waals surface area contributed by atoms with Crippen molar-refractivity contribution in [3.8, 4) is 11.8 Å². The second-order valence-corrected chi connectivity index (χ2v) is 3.23. The minimum atomic E-state index is -0.00262. The summed E-state index contributed by atoms with van der Waals surface area (Å²) in [5, 5.41) is 11.3. The van der Waals surface area contributed by atoms with Gasteiger partial charge in [-0.05, 0) is 18.6 Å². The van der Waals surface area contributed by atoms with Gasteiger partial charge in [-0.3, -0.25) is 4.79 Å². The van der Waals surface area contributed by atoms with Crippen molar-refractivity contribution >= 4 is 5.91 Å². The van der Waals surface area contributed by atoms with Crippen molar-refractivity contribution in [2.45, 2.75) is 12.8 Å². The van der Waals surface area contributed by atoms with Gasteiger partial charge in [0.25, 0.3) is 0 Å². The van der Waals surface area contributed by atoms with E-state index in [1.165, 1.54) is 0 Å². The molecule has 0 aliphatic heterocycles. The highest BCUT2D eigenvalue weighted by atomic mass is 16.5. The zero-order valence-electron chi connectivity index (χ0n) is 9.19. The van der Waals surface area contributed by atoms with Crippen LogP contribution in [0.15, 0.2) is 24.3 Å². The van der Waals surface area contributed by atoms with Crippen molar-refractivity contribution in [2.75, 3.05) is 13.7 Å². The van der Waals surface area contributed by atoms with Crippen molar-refractivity contribution in [1.82, 2.24) is 5.32 Å². The fourth-order valence-electron chi connectivity index (χ4n) is 1.22. The standard InChI is InChI=1S/C12H14N2O2/c1-14-12(15)7-4-8-16-11-6-3-2-5-10(11)9-13/h2-3,5-6H,4,7-8H2,1H3,(H,14,15). The van der Waals surface area contributed by atoms with Crippen LogP contribution in [0.4, 0.5) is 0 Å². The molecule has 1 amide bonds. The third-order valence-corrected chi connectivity index (χ3v) is 2.09. The first-order chi connectivity index (χ1) is 7.77. The number of rotatable bonds is 5. The molecule has 0 aromatic heterocycles. The van der Waals surface area contributed by atoms with Gasteiger partial charge in [0, 0.05) is 13.5 Å². The van der Waals surface area contributed by atoms with Gasteiger partial charge in [-0.1, -0.05) is 12.1 Å². The number of amides is 1. The van der Waals surface area contributed by atoms with Crippen LogP contribution in [0.1, 0.15) is 18.4 Å². The Labute approximate surface area is 94.8 Å². The zero-order valence-corrected chi connectivity index (χ0v) is 9.19. The van der Waals surface area contributed by atoms with Crippen molar-refractivity contribution in [3.63, 3.8) is 0 Å². The normalized spacial score (nSPS) is 9.25. The Balaban J connectivity index is 2.38. The van der Waals surface area contributed by atoms with Gasteiger partial charge < -0.3 is 10.1 Å². The van der Waals surface area contributed by atoms with Gasteiger partial charge in [0.05, 0.1) is 12.2 Å². The number of carbonyl (C=O) groups is 1. The number of nitrogens with one attached hydrogen (secondary N) is 1. The number of nitriles is 1. The molecule has 1 rings (SSSR count). The van der Waals surface area contributed by atoms with Crippen molar-refractivity contribution < 1.29 is 9.53 Å². The van der Waals surface area contributed by atoms with Gasteiger partial charge in [0.2, 0.25) is 5.91 Å². The Morgan fingerprint density at radius 1 is 1.50 bits per heavy atom. The number of nitrogens with zero attached hydrogens (tertiary/aromatic N) is 1. The van der Waals surface area contributed by atoms with E-state index in [1.54, 1.807) is 25.2 Å². The Kier molecular flexibility index (Phi) is 4.87. The molecular formula is C12H14N2O2. The van der Waals surface area contributed by atoms with Crippen LogP contribution >= 0.6 is 0 Å². The molecule has 4 heteroatoms. The summed E-state index contributed by atoms with van der Waals surface area (Å²) >= 11 is 0. The lowest BCUT2D eigenvalue weighted by Gasteiger charge is -2.06. The van der Waals surface area contributed by atoms with E-state index in [4.69, 9.17) is 10.00 Å². The Morgan fingerprint density at radius 2 is 2.25 bits per heavy atom.